The highest BCUT2D eigenvalue weighted by Crippen LogP contribution is 2.37. The lowest BCUT2D eigenvalue weighted by Crippen LogP contribution is -2.08. The molecule has 0 aromatic heterocycles. The molecule has 114 valence electrons. The molecule has 0 aliphatic carbocycles. The summed E-state index contributed by atoms with van der Waals surface area (Å²) in [6.07, 6.45) is 0. The Morgan fingerprint density at radius 2 is 1.95 bits per heavy atom. The molecule has 0 radical (unpaired) electrons. The van der Waals surface area contributed by atoms with Crippen LogP contribution in [0.1, 0.15) is 29.5 Å². The molecule has 1 aliphatic heterocycles. The number of hydrogen-bond acceptors (Lipinski definition) is 3. The molecule has 4 nitrogen and oxygen atoms in total. The van der Waals surface area contributed by atoms with E-state index in [1.54, 1.807) is 25.1 Å². The number of carboxylic acid groups (broad SMARTS) is 1. The fourth-order valence-corrected chi connectivity index (χ4v) is 3.72. The molecular formula is C17H16O4S. The van der Waals surface area contributed by atoms with Crippen LogP contribution in [0.4, 0.5) is 0 Å². The molecule has 2 atom stereocenters. The molecular weight excluding hydrogens is 300 g/mol. The van der Waals surface area contributed by atoms with Crippen molar-refractivity contribution in [1.29, 1.82) is 0 Å². The normalized spacial score (nSPS) is 17.6. The van der Waals surface area contributed by atoms with E-state index < -0.39 is 22.7 Å². The Morgan fingerprint density at radius 1 is 1.23 bits per heavy atom. The van der Waals surface area contributed by atoms with E-state index in [4.69, 9.17) is 9.84 Å². The third kappa shape index (κ3) is 2.64. The van der Waals surface area contributed by atoms with Gasteiger partial charge in [0.2, 0.25) is 0 Å². The molecule has 0 fully saturated rings. The van der Waals surface area contributed by atoms with Crippen molar-refractivity contribution in [1.82, 2.24) is 0 Å². The molecule has 2 aromatic carbocycles. The Balaban J connectivity index is 2.06. The second kappa shape index (κ2) is 5.57. The molecule has 22 heavy (non-hydrogen) atoms. The Kier molecular flexibility index (Phi) is 3.74. The minimum Gasteiger partial charge on any atom is -0.481 e. The van der Waals surface area contributed by atoms with Gasteiger partial charge in [-0.15, -0.1) is 0 Å². The Labute approximate surface area is 131 Å². The van der Waals surface area contributed by atoms with Gasteiger partial charge in [0, 0.05) is 5.56 Å². The third-order valence-corrected chi connectivity index (χ3v) is 5.19. The SMILES string of the molecule is Cc1ccc2c(c1)CS(=O)c1cc(C(C)C(=O)O)ccc1O2. The highest BCUT2D eigenvalue weighted by atomic mass is 32.2. The second-order valence-corrected chi connectivity index (χ2v) is 6.89. The minimum absolute atomic E-state index is 0.370. The van der Waals surface area contributed by atoms with Crippen LogP contribution in [-0.4, -0.2) is 15.3 Å². The maximum Gasteiger partial charge on any atom is 0.310 e. The van der Waals surface area contributed by atoms with Crippen molar-refractivity contribution in [2.75, 3.05) is 0 Å². The number of ether oxygens (including phenoxy) is 1. The maximum atomic E-state index is 12.6. The van der Waals surface area contributed by atoms with Gasteiger partial charge in [0.25, 0.3) is 0 Å². The van der Waals surface area contributed by atoms with Gasteiger partial charge in [-0.3, -0.25) is 9.00 Å². The van der Waals surface area contributed by atoms with Crippen LogP contribution in [0.5, 0.6) is 11.5 Å². The van der Waals surface area contributed by atoms with Crippen LogP contribution in [0.2, 0.25) is 0 Å². The van der Waals surface area contributed by atoms with Crippen molar-refractivity contribution in [2.45, 2.75) is 30.4 Å². The molecule has 1 aliphatic rings. The molecule has 0 saturated heterocycles. The number of carbonyl (C=O) groups is 1. The fraction of sp³-hybridized carbons (Fsp3) is 0.235. The zero-order valence-electron chi connectivity index (χ0n) is 12.3. The van der Waals surface area contributed by atoms with Crippen LogP contribution in [0.15, 0.2) is 41.3 Å². The van der Waals surface area contributed by atoms with E-state index in [-0.39, 0.29) is 0 Å². The fourth-order valence-electron chi connectivity index (χ4n) is 2.46. The van der Waals surface area contributed by atoms with Gasteiger partial charge in [0.1, 0.15) is 11.5 Å². The Morgan fingerprint density at radius 3 is 2.68 bits per heavy atom. The van der Waals surface area contributed by atoms with Gasteiger partial charge >= 0.3 is 5.97 Å². The minimum atomic E-state index is -1.26. The largest absolute Gasteiger partial charge is 0.481 e. The summed E-state index contributed by atoms with van der Waals surface area (Å²) >= 11 is 0. The van der Waals surface area contributed by atoms with Crippen LogP contribution in [0.25, 0.3) is 0 Å². The third-order valence-electron chi connectivity index (χ3n) is 3.81. The predicted molar refractivity (Wildman–Crippen MR) is 83.9 cm³/mol. The average Bonchev–Trinajstić information content (AvgIpc) is 2.62. The summed E-state index contributed by atoms with van der Waals surface area (Å²) < 4.78 is 18.5. The second-order valence-electron chi connectivity index (χ2n) is 5.47. The first-order valence-corrected chi connectivity index (χ1v) is 8.30. The summed E-state index contributed by atoms with van der Waals surface area (Å²) in [5, 5.41) is 9.13. The van der Waals surface area contributed by atoms with Gasteiger partial charge in [0.05, 0.1) is 27.4 Å². The number of hydrogen-bond donors (Lipinski definition) is 1. The smallest absolute Gasteiger partial charge is 0.310 e. The van der Waals surface area contributed by atoms with Crippen molar-refractivity contribution < 1.29 is 18.8 Å². The van der Waals surface area contributed by atoms with E-state index in [9.17, 15) is 9.00 Å². The van der Waals surface area contributed by atoms with Gasteiger partial charge < -0.3 is 9.84 Å². The topological polar surface area (TPSA) is 63.6 Å². The molecule has 0 bridgehead atoms. The van der Waals surface area contributed by atoms with Crippen LogP contribution in [0.3, 0.4) is 0 Å². The first-order chi connectivity index (χ1) is 10.5. The highest BCUT2D eigenvalue weighted by Gasteiger charge is 2.23. The summed E-state index contributed by atoms with van der Waals surface area (Å²) in [6.45, 7) is 3.59. The molecule has 0 spiro atoms. The van der Waals surface area contributed by atoms with E-state index in [2.05, 4.69) is 0 Å². The summed E-state index contributed by atoms with van der Waals surface area (Å²) in [5.41, 5.74) is 2.62. The van der Waals surface area contributed by atoms with Crippen molar-refractivity contribution in [3.63, 3.8) is 0 Å². The summed E-state index contributed by atoms with van der Waals surface area (Å²) in [7, 11) is -1.26. The zero-order valence-corrected chi connectivity index (χ0v) is 13.1. The molecule has 1 heterocycles. The van der Waals surface area contributed by atoms with E-state index in [0.29, 0.717) is 27.7 Å². The summed E-state index contributed by atoms with van der Waals surface area (Å²) in [6, 6.07) is 10.9. The first kappa shape index (κ1) is 14.8. The number of benzene rings is 2. The van der Waals surface area contributed by atoms with E-state index >= 15 is 0 Å². The lowest BCUT2D eigenvalue weighted by Gasteiger charge is -2.11. The average molecular weight is 316 g/mol. The van der Waals surface area contributed by atoms with E-state index in [0.717, 1.165) is 11.1 Å². The lowest BCUT2D eigenvalue weighted by atomic mass is 10.0. The maximum absolute atomic E-state index is 12.6. The first-order valence-electron chi connectivity index (χ1n) is 6.98. The standard InChI is InChI=1S/C17H16O4S/c1-10-3-5-14-13(7-10)9-22(20)16-8-12(11(2)17(18)19)4-6-15(16)21-14/h3-8,11H,9H2,1-2H3,(H,18,19). The Bertz CT molecular complexity index is 782. The van der Waals surface area contributed by atoms with E-state index in [1.807, 2.05) is 25.1 Å². The van der Waals surface area contributed by atoms with Crippen molar-refractivity contribution in [3.05, 3.63) is 53.1 Å². The zero-order chi connectivity index (χ0) is 15.9. The van der Waals surface area contributed by atoms with Gasteiger partial charge in [-0.1, -0.05) is 23.8 Å². The van der Waals surface area contributed by atoms with Crippen molar-refractivity contribution in [2.24, 2.45) is 0 Å². The van der Waals surface area contributed by atoms with Gasteiger partial charge in [-0.2, -0.15) is 0 Å². The Hall–Kier alpha value is -2.14. The highest BCUT2D eigenvalue weighted by molar-refractivity contribution is 7.84. The van der Waals surface area contributed by atoms with Gasteiger partial charge in [0.15, 0.2) is 0 Å². The molecule has 5 heteroatoms. The quantitative estimate of drug-likeness (QED) is 0.919. The molecule has 1 N–H and O–H groups in total. The number of aliphatic carboxylic acids is 1. The molecule has 0 saturated carbocycles. The lowest BCUT2D eigenvalue weighted by molar-refractivity contribution is -0.138. The molecule has 0 amide bonds. The van der Waals surface area contributed by atoms with Crippen molar-refractivity contribution in [3.8, 4) is 11.5 Å². The molecule has 2 aromatic rings. The molecule has 3 rings (SSSR count). The molecule has 2 unspecified atom stereocenters. The van der Waals surface area contributed by atoms with Crippen LogP contribution in [-0.2, 0) is 21.3 Å². The van der Waals surface area contributed by atoms with Crippen LogP contribution < -0.4 is 4.74 Å². The van der Waals surface area contributed by atoms with Crippen LogP contribution in [0, 0.1) is 6.92 Å². The van der Waals surface area contributed by atoms with Crippen LogP contribution >= 0.6 is 0 Å². The number of aryl methyl sites for hydroxylation is 1. The number of rotatable bonds is 2. The van der Waals surface area contributed by atoms with E-state index in [1.165, 1.54) is 0 Å². The number of fused-ring (bicyclic) bond motifs is 2. The summed E-state index contributed by atoms with van der Waals surface area (Å²) in [4.78, 5) is 11.7. The van der Waals surface area contributed by atoms with Gasteiger partial charge in [-0.25, -0.2) is 0 Å². The van der Waals surface area contributed by atoms with Gasteiger partial charge in [-0.05, 0) is 37.6 Å². The number of carboxylic acids is 1. The van der Waals surface area contributed by atoms with Crippen molar-refractivity contribution >= 4 is 16.8 Å². The monoisotopic (exact) mass is 316 g/mol. The predicted octanol–water partition coefficient (Wildman–Crippen LogP) is 3.60. The summed E-state index contributed by atoms with van der Waals surface area (Å²) in [5.74, 6) is 0.0583.